The van der Waals surface area contributed by atoms with Crippen molar-refractivity contribution >= 4 is 33.9 Å². The molecule has 8 nitrogen and oxygen atoms in total. The van der Waals surface area contributed by atoms with Crippen LogP contribution in [0.3, 0.4) is 0 Å². The third-order valence-corrected chi connectivity index (χ3v) is 3.79. The largest absolute Gasteiger partial charge is 0.365 e. The first-order chi connectivity index (χ1) is 10.3. The number of aryl methyl sites for hydroxylation is 1. The zero-order valence-corrected chi connectivity index (χ0v) is 13.6. The van der Waals surface area contributed by atoms with Crippen LogP contribution in [0.1, 0.15) is 19.4 Å². The van der Waals surface area contributed by atoms with E-state index in [-0.39, 0.29) is 23.1 Å². The first kappa shape index (κ1) is 17.9. The van der Waals surface area contributed by atoms with E-state index in [2.05, 4.69) is 10.3 Å². The molecule has 0 fully saturated rings. The maximum Gasteiger partial charge on any atom is 0.299 e. The van der Waals surface area contributed by atoms with Crippen LogP contribution in [0.15, 0.2) is 17.1 Å². The Morgan fingerprint density at radius 1 is 1.32 bits per heavy atom. The van der Waals surface area contributed by atoms with Crippen molar-refractivity contribution in [2.24, 2.45) is 4.99 Å². The average molecular weight is 326 g/mol. The Morgan fingerprint density at radius 3 is 2.18 bits per heavy atom. The van der Waals surface area contributed by atoms with Gasteiger partial charge in [0.05, 0.1) is 20.9 Å². The van der Waals surface area contributed by atoms with Crippen molar-refractivity contribution < 1.29 is 9.85 Å². The molecular weight excluding hydrogens is 308 g/mol. The summed E-state index contributed by atoms with van der Waals surface area (Å²) in [6.07, 6.45) is 1.84. The van der Waals surface area contributed by atoms with Gasteiger partial charge in [-0.2, -0.15) is 0 Å². The normalized spacial score (nSPS) is 12.8. The lowest BCUT2D eigenvalue weighted by Crippen LogP contribution is -2.25. The number of hydrogen-bond donors (Lipinski definition) is 1. The standard InChI is InChI=1S/C13H18N4O4S/c1-5-14-13(22-4)9(3)15-12-10(16(18)19)6-8(2)7-11(12)17(20)21/h6-7,9,15H,5H2,1-4H3/b14-13+. The highest BCUT2D eigenvalue weighted by molar-refractivity contribution is 8.13. The first-order valence-electron chi connectivity index (χ1n) is 6.60. The summed E-state index contributed by atoms with van der Waals surface area (Å²) < 4.78 is 0. The Balaban J connectivity index is 3.35. The molecule has 0 radical (unpaired) electrons. The van der Waals surface area contributed by atoms with Crippen molar-refractivity contribution in [3.05, 3.63) is 37.9 Å². The van der Waals surface area contributed by atoms with Crippen molar-refractivity contribution in [3.8, 4) is 0 Å². The van der Waals surface area contributed by atoms with Crippen molar-refractivity contribution in [1.82, 2.24) is 0 Å². The summed E-state index contributed by atoms with van der Waals surface area (Å²) in [6.45, 7) is 5.79. The van der Waals surface area contributed by atoms with E-state index in [1.54, 1.807) is 13.8 Å². The number of aliphatic imine (C=N–C) groups is 1. The van der Waals surface area contributed by atoms with Crippen LogP contribution < -0.4 is 5.32 Å². The summed E-state index contributed by atoms with van der Waals surface area (Å²) in [5.74, 6) is 0. The van der Waals surface area contributed by atoms with Gasteiger partial charge in [-0.1, -0.05) is 0 Å². The maximum atomic E-state index is 11.2. The molecule has 1 aromatic carbocycles. The highest BCUT2D eigenvalue weighted by atomic mass is 32.2. The molecule has 0 bridgehead atoms. The fourth-order valence-corrected chi connectivity index (χ4v) is 2.67. The number of nitro benzene ring substituents is 2. The summed E-state index contributed by atoms with van der Waals surface area (Å²) in [4.78, 5) is 25.4. The number of benzene rings is 1. The van der Waals surface area contributed by atoms with Crippen LogP contribution in [0.5, 0.6) is 0 Å². The molecule has 0 aliphatic rings. The minimum Gasteiger partial charge on any atom is -0.365 e. The molecule has 22 heavy (non-hydrogen) atoms. The molecule has 1 atom stereocenters. The average Bonchev–Trinajstić information content (AvgIpc) is 2.45. The van der Waals surface area contributed by atoms with E-state index >= 15 is 0 Å². The van der Waals surface area contributed by atoms with E-state index in [1.807, 2.05) is 13.2 Å². The third kappa shape index (κ3) is 4.17. The highest BCUT2D eigenvalue weighted by Crippen LogP contribution is 2.36. The van der Waals surface area contributed by atoms with Crippen LogP contribution in [0.2, 0.25) is 0 Å². The van der Waals surface area contributed by atoms with Gasteiger partial charge in [-0.15, -0.1) is 11.8 Å². The molecule has 0 aromatic heterocycles. The van der Waals surface area contributed by atoms with Gasteiger partial charge in [0.25, 0.3) is 11.4 Å². The summed E-state index contributed by atoms with van der Waals surface area (Å²) >= 11 is 1.40. The number of nitrogens with one attached hydrogen (secondary N) is 1. The lowest BCUT2D eigenvalue weighted by atomic mass is 10.1. The van der Waals surface area contributed by atoms with E-state index in [1.165, 1.54) is 23.9 Å². The second-order valence-corrected chi connectivity index (χ2v) is 5.40. The van der Waals surface area contributed by atoms with E-state index in [0.717, 1.165) is 5.04 Å². The number of nitrogens with zero attached hydrogens (tertiary/aromatic N) is 3. The minimum atomic E-state index is -0.620. The lowest BCUT2D eigenvalue weighted by molar-refractivity contribution is -0.392. The van der Waals surface area contributed by atoms with E-state index < -0.39 is 9.85 Å². The van der Waals surface area contributed by atoms with Crippen LogP contribution in [-0.4, -0.2) is 33.7 Å². The predicted molar refractivity (Wildman–Crippen MR) is 89.1 cm³/mol. The second kappa shape index (κ2) is 7.74. The van der Waals surface area contributed by atoms with Gasteiger partial charge in [0.15, 0.2) is 5.69 Å². The molecule has 1 rings (SSSR count). The van der Waals surface area contributed by atoms with Crippen LogP contribution in [0.4, 0.5) is 17.1 Å². The zero-order chi connectivity index (χ0) is 16.9. The predicted octanol–water partition coefficient (Wildman–Crippen LogP) is 3.39. The first-order valence-corrected chi connectivity index (χ1v) is 7.82. The molecule has 0 heterocycles. The second-order valence-electron chi connectivity index (χ2n) is 4.58. The fourth-order valence-electron chi connectivity index (χ4n) is 2.00. The van der Waals surface area contributed by atoms with Gasteiger partial charge in [0.1, 0.15) is 0 Å². The molecule has 120 valence electrons. The summed E-state index contributed by atoms with van der Waals surface area (Å²) in [7, 11) is 0. The quantitative estimate of drug-likeness (QED) is 0.371. The lowest BCUT2D eigenvalue weighted by Gasteiger charge is -2.16. The maximum absolute atomic E-state index is 11.2. The molecule has 0 saturated heterocycles. The fraction of sp³-hybridized carbons (Fsp3) is 0.462. The van der Waals surface area contributed by atoms with Gasteiger partial charge >= 0.3 is 0 Å². The summed E-state index contributed by atoms with van der Waals surface area (Å²) in [5.41, 5.74) is -0.249. The molecule has 0 spiro atoms. The Kier molecular flexibility index (Phi) is 6.29. The van der Waals surface area contributed by atoms with Gasteiger partial charge in [0, 0.05) is 18.7 Å². The van der Waals surface area contributed by atoms with E-state index in [9.17, 15) is 20.2 Å². The highest BCUT2D eigenvalue weighted by Gasteiger charge is 2.28. The van der Waals surface area contributed by atoms with E-state index in [0.29, 0.717) is 12.1 Å². The Bertz CT molecular complexity index is 583. The molecule has 1 aromatic rings. The molecule has 9 heteroatoms. The smallest absolute Gasteiger partial charge is 0.299 e. The van der Waals surface area contributed by atoms with Gasteiger partial charge in [0.2, 0.25) is 0 Å². The topological polar surface area (TPSA) is 111 Å². The Hall–Kier alpha value is -2.16. The number of thioether (sulfide) groups is 1. The number of anilines is 1. The number of nitro groups is 2. The van der Waals surface area contributed by atoms with Crippen LogP contribution in [-0.2, 0) is 0 Å². The molecule has 0 aliphatic heterocycles. The molecule has 0 aliphatic carbocycles. The molecule has 0 amide bonds. The molecule has 1 unspecified atom stereocenters. The molecular formula is C13H18N4O4S. The van der Waals surface area contributed by atoms with Crippen LogP contribution in [0.25, 0.3) is 0 Å². The molecule has 1 N–H and O–H groups in total. The van der Waals surface area contributed by atoms with Gasteiger partial charge < -0.3 is 5.32 Å². The summed E-state index contributed by atoms with van der Waals surface area (Å²) in [6, 6.07) is 2.27. The Labute approximate surface area is 132 Å². The van der Waals surface area contributed by atoms with Gasteiger partial charge in [-0.3, -0.25) is 25.2 Å². The number of rotatable bonds is 6. The van der Waals surface area contributed by atoms with Crippen molar-refractivity contribution in [3.63, 3.8) is 0 Å². The van der Waals surface area contributed by atoms with Crippen molar-refractivity contribution in [1.29, 1.82) is 0 Å². The SMILES string of the molecule is CC/N=C(/SC)C(C)Nc1c([N+](=O)[O-])cc(C)cc1[N+](=O)[O-]. The minimum absolute atomic E-state index is 0.0917. The van der Waals surface area contributed by atoms with Crippen LogP contribution in [0, 0.1) is 27.2 Å². The number of hydrogen-bond acceptors (Lipinski definition) is 7. The van der Waals surface area contributed by atoms with Crippen molar-refractivity contribution in [2.75, 3.05) is 18.1 Å². The molecule has 0 saturated carbocycles. The monoisotopic (exact) mass is 326 g/mol. The Morgan fingerprint density at radius 2 is 1.82 bits per heavy atom. The van der Waals surface area contributed by atoms with Crippen LogP contribution >= 0.6 is 11.8 Å². The van der Waals surface area contributed by atoms with Crippen molar-refractivity contribution in [2.45, 2.75) is 26.8 Å². The zero-order valence-electron chi connectivity index (χ0n) is 12.8. The summed E-state index contributed by atoms with van der Waals surface area (Å²) in [5, 5.41) is 26.0. The van der Waals surface area contributed by atoms with Gasteiger partial charge in [-0.25, -0.2) is 0 Å². The van der Waals surface area contributed by atoms with E-state index in [4.69, 9.17) is 0 Å². The van der Waals surface area contributed by atoms with Gasteiger partial charge in [-0.05, 0) is 32.6 Å². The third-order valence-electron chi connectivity index (χ3n) is 2.89.